The lowest BCUT2D eigenvalue weighted by Crippen LogP contribution is -2.20. The summed E-state index contributed by atoms with van der Waals surface area (Å²) < 4.78 is 38.8. The molecule has 0 amide bonds. The fourth-order valence-corrected chi connectivity index (χ4v) is 4.69. The van der Waals surface area contributed by atoms with Crippen molar-refractivity contribution >= 4 is 26.7 Å². The van der Waals surface area contributed by atoms with Crippen LogP contribution in [0.3, 0.4) is 0 Å². The average Bonchev–Trinajstić information content (AvgIpc) is 3.03. The van der Waals surface area contributed by atoms with Gasteiger partial charge in [-0.3, -0.25) is 0 Å². The summed E-state index contributed by atoms with van der Waals surface area (Å²) in [6, 6.07) is 14.8. The summed E-state index contributed by atoms with van der Waals surface area (Å²) in [5.74, 6) is -0.136. The molecule has 2 aromatic carbocycles. The van der Waals surface area contributed by atoms with E-state index in [1.807, 2.05) is 30.3 Å². The van der Waals surface area contributed by atoms with Crippen molar-refractivity contribution in [1.29, 1.82) is 0 Å². The number of nitrogens with zero attached hydrogens (tertiary/aromatic N) is 1. The molecule has 0 spiro atoms. The van der Waals surface area contributed by atoms with Gasteiger partial charge in [0.1, 0.15) is 16.3 Å². The molecule has 0 aliphatic rings. The Morgan fingerprint density at radius 3 is 2.38 bits per heavy atom. The Balaban J connectivity index is 2.41. The fourth-order valence-electron chi connectivity index (χ4n) is 3.29. The third-order valence-electron chi connectivity index (χ3n) is 4.78. The second kappa shape index (κ2) is 8.29. The van der Waals surface area contributed by atoms with Crippen molar-refractivity contribution in [3.8, 4) is 5.75 Å². The van der Waals surface area contributed by atoms with Gasteiger partial charge in [0.25, 0.3) is 0 Å². The van der Waals surface area contributed by atoms with E-state index < -0.39 is 21.1 Å². The minimum absolute atomic E-state index is 0.00391. The second-order valence-electron chi connectivity index (χ2n) is 6.95. The van der Waals surface area contributed by atoms with E-state index in [0.29, 0.717) is 23.2 Å². The molecule has 0 fully saturated rings. The maximum atomic E-state index is 13.3. The summed E-state index contributed by atoms with van der Waals surface area (Å²) in [7, 11) is -2.25. The van der Waals surface area contributed by atoms with E-state index >= 15 is 0 Å². The summed E-state index contributed by atoms with van der Waals surface area (Å²) >= 11 is 0. The molecular weight excluding hydrogens is 390 g/mol. The number of sulfone groups is 1. The maximum absolute atomic E-state index is 13.3. The third-order valence-corrected chi connectivity index (χ3v) is 7.01. The van der Waals surface area contributed by atoms with Gasteiger partial charge in [0.05, 0.1) is 24.5 Å². The smallest absolute Gasteiger partial charge is 0.356 e. The molecule has 3 aromatic rings. The third kappa shape index (κ3) is 3.87. The molecule has 0 unspecified atom stereocenters. The topological polar surface area (TPSA) is 74.6 Å². The Bertz CT molecular complexity index is 1130. The minimum atomic E-state index is -3.77. The molecule has 7 heteroatoms. The predicted octanol–water partition coefficient (Wildman–Crippen LogP) is 4.06. The number of hydrogen-bond acceptors (Lipinski definition) is 5. The highest BCUT2D eigenvalue weighted by atomic mass is 32.2. The van der Waals surface area contributed by atoms with E-state index in [4.69, 9.17) is 9.47 Å². The SMILES string of the molecule is CCOC(=O)c1c(S(=O)(=O)C(C)C)c2cc(OC)ccc2n1Cc1ccccc1. The molecule has 3 rings (SSSR count). The molecule has 0 radical (unpaired) electrons. The predicted molar refractivity (Wildman–Crippen MR) is 112 cm³/mol. The van der Waals surface area contributed by atoms with E-state index in [9.17, 15) is 13.2 Å². The van der Waals surface area contributed by atoms with Crippen molar-refractivity contribution in [2.24, 2.45) is 0 Å². The molecule has 1 heterocycles. The lowest BCUT2D eigenvalue weighted by Gasteiger charge is -2.13. The first-order chi connectivity index (χ1) is 13.8. The summed E-state index contributed by atoms with van der Waals surface area (Å²) in [5, 5.41) is -0.241. The van der Waals surface area contributed by atoms with Crippen molar-refractivity contribution in [3.05, 3.63) is 59.8 Å². The number of hydrogen-bond donors (Lipinski definition) is 0. The van der Waals surface area contributed by atoms with E-state index in [1.165, 1.54) is 7.11 Å². The molecule has 0 N–H and O–H groups in total. The van der Waals surface area contributed by atoms with Crippen molar-refractivity contribution in [3.63, 3.8) is 0 Å². The number of carbonyl (C=O) groups is 1. The van der Waals surface area contributed by atoms with Gasteiger partial charge < -0.3 is 14.0 Å². The Labute approximate surface area is 171 Å². The van der Waals surface area contributed by atoms with Crippen LogP contribution in [0, 0.1) is 0 Å². The number of ether oxygens (including phenoxy) is 2. The van der Waals surface area contributed by atoms with Crippen molar-refractivity contribution in [1.82, 2.24) is 4.57 Å². The second-order valence-corrected chi connectivity index (χ2v) is 9.39. The van der Waals surface area contributed by atoms with E-state index in [2.05, 4.69) is 0 Å². The lowest BCUT2D eigenvalue weighted by atomic mass is 10.2. The number of methoxy groups -OCH3 is 1. The van der Waals surface area contributed by atoms with Gasteiger partial charge in [0, 0.05) is 11.9 Å². The monoisotopic (exact) mass is 415 g/mol. The molecule has 0 aliphatic heterocycles. The summed E-state index contributed by atoms with van der Waals surface area (Å²) in [6.07, 6.45) is 0. The Morgan fingerprint density at radius 1 is 1.10 bits per heavy atom. The van der Waals surface area contributed by atoms with Crippen LogP contribution in [0.5, 0.6) is 5.75 Å². The lowest BCUT2D eigenvalue weighted by molar-refractivity contribution is 0.0510. The number of benzene rings is 2. The Morgan fingerprint density at radius 2 is 1.79 bits per heavy atom. The number of fused-ring (bicyclic) bond motifs is 1. The highest BCUT2D eigenvalue weighted by Crippen LogP contribution is 2.36. The van der Waals surface area contributed by atoms with Gasteiger partial charge >= 0.3 is 5.97 Å². The van der Waals surface area contributed by atoms with Gasteiger partial charge in [0.15, 0.2) is 9.84 Å². The van der Waals surface area contributed by atoms with Crippen molar-refractivity contribution < 1.29 is 22.7 Å². The molecule has 0 bridgehead atoms. The van der Waals surface area contributed by atoms with Gasteiger partial charge in [-0.25, -0.2) is 13.2 Å². The standard InChI is InChI=1S/C22H25NO5S/c1-5-28-22(24)20-21(29(25,26)15(2)3)18-13-17(27-4)11-12-19(18)23(20)14-16-9-7-6-8-10-16/h6-13,15H,5,14H2,1-4H3. The molecule has 0 saturated heterocycles. The first-order valence-corrected chi connectivity index (χ1v) is 11.0. The fraction of sp³-hybridized carbons (Fsp3) is 0.318. The van der Waals surface area contributed by atoms with Crippen LogP contribution >= 0.6 is 0 Å². The molecule has 1 aromatic heterocycles. The number of esters is 1. The summed E-state index contributed by atoms with van der Waals surface area (Å²) in [4.78, 5) is 12.9. The van der Waals surface area contributed by atoms with Crippen LogP contribution in [0.1, 0.15) is 36.8 Å². The number of aromatic nitrogens is 1. The van der Waals surface area contributed by atoms with Gasteiger partial charge in [-0.05, 0) is 44.5 Å². The highest BCUT2D eigenvalue weighted by Gasteiger charge is 2.34. The first-order valence-electron chi connectivity index (χ1n) is 9.46. The largest absolute Gasteiger partial charge is 0.497 e. The molecule has 6 nitrogen and oxygen atoms in total. The number of carbonyl (C=O) groups excluding carboxylic acids is 1. The molecule has 154 valence electrons. The minimum Gasteiger partial charge on any atom is -0.497 e. The molecule has 0 atom stereocenters. The maximum Gasteiger partial charge on any atom is 0.356 e. The van der Waals surface area contributed by atoms with Crippen LogP contribution in [0.2, 0.25) is 0 Å². The van der Waals surface area contributed by atoms with Gasteiger partial charge in [-0.1, -0.05) is 30.3 Å². The van der Waals surface area contributed by atoms with Gasteiger partial charge in [0.2, 0.25) is 0 Å². The highest BCUT2D eigenvalue weighted by molar-refractivity contribution is 7.92. The van der Waals surface area contributed by atoms with E-state index in [0.717, 1.165) is 5.56 Å². The molecule has 0 saturated carbocycles. The first kappa shape index (κ1) is 20.9. The molecule has 29 heavy (non-hydrogen) atoms. The van der Waals surface area contributed by atoms with Crippen LogP contribution in [0.4, 0.5) is 0 Å². The zero-order chi connectivity index (χ0) is 21.2. The number of rotatable bonds is 7. The zero-order valence-electron chi connectivity index (χ0n) is 17.0. The van der Waals surface area contributed by atoms with Gasteiger partial charge in [-0.15, -0.1) is 0 Å². The molecule has 0 aliphatic carbocycles. The van der Waals surface area contributed by atoms with Crippen LogP contribution in [0.25, 0.3) is 10.9 Å². The van der Waals surface area contributed by atoms with Crippen molar-refractivity contribution in [2.75, 3.05) is 13.7 Å². The quantitative estimate of drug-likeness (QED) is 0.544. The van der Waals surface area contributed by atoms with E-state index in [-0.39, 0.29) is 17.2 Å². The van der Waals surface area contributed by atoms with Crippen LogP contribution in [-0.4, -0.2) is 37.9 Å². The van der Waals surface area contributed by atoms with E-state index in [1.54, 1.807) is 43.5 Å². The Hall–Kier alpha value is -2.80. The summed E-state index contributed by atoms with van der Waals surface area (Å²) in [6.45, 7) is 5.39. The molecular formula is C22H25NO5S. The van der Waals surface area contributed by atoms with Crippen LogP contribution in [0.15, 0.2) is 53.4 Å². The zero-order valence-corrected chi connectivity index (χ0v) is 17.8. The van der Waals surface area contributed by atoms with Crippen LogP contribution in [-0.2, 0) is 21.1 Å². The summed E-state index contributed by atoms with van der Waals surface area (Å²) in [5.41, 5.74) is 1.63. The van der Waals surface area contributed by atoms with Crippen molar-refractivity contribution in [2.45, 2.75) is 37.5 Å². The normalized spacial score (nSPS) is 11.8. The van der Waals surface area contributed by atoms with Gasteiger partial charge in [-0.2, -0.15) is 0 Å². The van der Waals surface area contributed by atoms with Crippen LogP contribution < -0.4 is 4.74 Å². The average molecular weight is 416 g/mol. The Kier molecular flexibility index (Phi) is 5.98.